The highest BCUT2D eigenvalue weighted by atomic mass is 31.2. The summed E-state index contributed by atoms with van der Waals surface area (Å²) in [5, 5.41) is 0. The van der Waals surface area contributed by atoms with Crippen LogP contribution in [0.15, 0.2) is 12.2 Å². The molecule has 11 nitrogen and oxygen atoms in total. The van der Waals surface area contributed by atoms with Crippen LogP contribution in [0.4, 0.5) is 0 Å². The third kappa shape index (κ3) is 46.5. The van der Waals surface area contributed by atoms with Crippen LogP contribution in [0.25, 0.3) is 0 Å². The summed E-state index contributed by atoms with van der Waals surface area (Å²) in [6.07, 6.45) is 36.1. The van der Waals surface area contributed by atoms with E-state index in [9.17, 15) is 14.3 Å². The molecule has 0 heterocycles. The molecule has 0 aromatic heterocycles. The Balaban J connectivity index is 4.20. The Morgan fingerprint density at radius 3 is 1.22 bits per heavy atom. The van der Waals surface area contributed by atoms with Gasteiger partial charge in [0.05, 0.1) is 59.5 Å². The lowest BCUT2D eigenvalue weighted by molar-refractivity contribution is -0.140. The minimum atomic E-state index is -4.29. The molecule has 0 aromatic rings. The average molecular weight is 865 g/mol. The van der Waals surface area contributed by atoms with Gasteiger partial charge in [-0.15, -0.1) is 0 Å². The fourth-order valence-electron chi connectivity index (χ4n) is 6.59. The van der Waals surface area contributed by atoms with Gasteiger partial charge in [0.25, 0.3) is 0 Å². The van der Waals surface area contributed by atoms with Crippen molar-refractivity contribution in [3.05, 3.63) is 12.2 Å². The van der Waals surface area contributed by atoms with Crippen molar-refractivity contribution in [2.24, 2.45) is 0 Å². The van der Waals surface area contributed by atoms with Crippen LogP contribution in [-0.2, 0) is 46.8 Å². The molecule has 12 heteroatoms. The smallest absolute Gasteiger partial charge is 0.460 e. The van der Waals surface area contributed by atoms with Crippen molar-refractivity contribution in [1.29, 1.82) is 0 Å². The number of hydrogen-bond donors (Lipinski definition) is 1. The number of phosphoric acid groups is 1. The van der Waals surface area contributed by atoms with Gasteiger partial charge >= 0.3 is 13.8 Å². The summed E-state index contributed by atoms with van der Waals surface area (Å²) in [5.41, 5.74) is 0.350. The zero-order valence-electron chi connectivity index (χ0n) is 38.5. The normalized spacial score (nSPS) is 13.2. The second-order valence-electron chi connectivity index (χ2n) is 16.1. The van der Waals surface area contributed by atoms with E-state index in [1.165, 1.54) is 154 Å². The molecule has 352 valence electrons. The number of hydrogen-bond acceptors (Lipinski definition) is 10. The lowest BCUT2D eigenvalue weighted by Gasteiger charge is -2.20. The molecule has 2 atom stereocenters. The van der Waals surface area contributed by atoms with Gasteiger partial charge in [-0.1, -0.05) is 187 Å². The van der Waals surface area contributed by atoms with Crippen molar-refractivity contribution in [2.75, 3.05) is 79.3 Å². The number of carbonyl (C=O) groups excluding carboxylic acids is 1. The summed E-state index contributed by atoms with van der Waals surface area (Å²) < 4.78 is 56.3. The Morgan fingerprint density at radius 2 is 0.814 bits per heavy atom. The third-order valence-electron chi connectivity index (χ3n) is 10.3. The fraction of sp³-hybridized carbons (Fsp3) is 0.936. The van der Waals surface area contributed by atoms with Crippen LogP contribution < -0.4 is 0 Å². The van der Waals surface area contributed by atoms with Crippen molar-refractivity contribution >= 4 is 13.8 Å². The number of phosphoric ester groups is 1. The van der Waals surface area contributed by atoms with Gasteiger partial charge in [0, 0.05) is 18.8 Å². The van der Waals surface area contributed by atoms with E-state index < -0.39 is 19.9 Å². The minimum absolute atomic E-state index is 0.0851. The summed E-state index contributed by atoms with van der Waals surface area (Å²) >= 11 is 0. The first-order valence-corrected chi connectivity index (χ1v) is 25.7. The quantitative estimate of drug-likeness (QED) is 0.0272. The van der Waals surface area contributed by atoms with E-state index >= 15 is 0 Å². The molecule has 59 heavy (non-hydrogen) atoms. The Kier molecular flexibility index (Phi) is 45.9. The molecular formula is C47H93O11P. The highest BCUT2D eigenvalue weighted by Crippen LogP contribution is 2.43. The Labute approximate surface area is 362 Å². The molecule has 0 saturated heterocycles. The molecule has 0 aromatic carbocycles. The first-order valence-electron chi connectivity index (χ1n) is 24.2. The summed E-state index contributed by atoms with van der Waals surface area (Å²) in [5.74, 6) is -0.436. The van der Waals surface area contributed by atoms with Gasteiger partial charge in [-0.2, -0.15) is 0 Å². The molecule has 2 unspecified atom stereocenters. The van der Waals surface area contributed by atoms with E-state index in [0.29, 0.717) is 51.8 Å². The molecule has 1 N–H and O–H groups in total. The first-order chi connectivity index (χ1) is 28.8. The molecule has 0 aliphatic rings. The van der Waals surface area contributed by atoms with Crippen molar-refractivity contribution < 1.29 is 51.7 Å². The Hall–Kier alpha value is -0.880. The molecular weight excluding hydrogens is 771 g/mol. The van der Waals surface area contributed by atoms with Crippen LogP contribution in [0.5, 0.6) is 0 Å². The molecule has 0 saturated carbocycles. The second kappa shape index (κ2) is 46.6. The number of ether oxygens (including phenoxy) is 6. The van der Waals surface area contributed by atoms with Gasteiger partial charge in [0.15, 0.2) is 0 Å². The maximum atomic E-state index is 12.6. The molecule has 0 bridgehead atoms. The maximum Gasteiger partial charge on any atom is 0.472 e. The summed E-state index contributed by atoms with van der Waals surface area (Å²) in [6.45, 7) is 12.9. The van der Waals surface area contributed by atoms with Gasteiger partial charge in [0.2, 0.25) is 0 Å². The SMILES string of the molecule is C=C(C)C(=O)OCCOCCOCCOCCOP(=O)(O)OCC(COCCCCCCCCCCCCCCCC)OCCCCCCCCCCCCCCCC. The topological polar surface area (TPSA) is 128 Å². The van der Waals surface area contributed by atoms with E-state index in [1.54, 1.807) is 6.92 Å². The van der Waals surface area contributed by atoms with Crippen LogP contribution in [0.2, 0.25) is 0 Å². The van der Waals surface area contributed by atoms with E-state index in [1.807, 2.05) is 0 Å². The lowest BCUT2D eigenvalue weighted by atomic mass is 10.0. The van der Waals surface area contributed by atoms with Crippen molar-refractivity contribution in [1.82, 2.24) is 0 Å². The molecule has 0 amide bonds. The van der Waals surface area contributed by atoms with Crippen LogP contribution in [0, 0.1) is 0 Å². The minimum Gasteiger partial charge on any atom is -0.460 e. The van der Waals surface area contributed by atoms with Gasteiger partial charge in [-0.05, 0) is 19.8 Å². The highest BCUT2D eigenvalue weighted by molar-refractivity contribution is 7.47. The van der Waals surface area contributed by atoms with Crippen molar-refractivity contribution in [3.8, 4) is 0 Å². The summed E-state index contributed by atoms with van der Waals surface area (Å²) in [4.78, 5) is 21.6. The van der Waals surface area contributed by atoms with E-state index in [0.717, 1.165) is 25.7 Å². The average Bonchev–Trinajstić information content (AvgIpc) is 3.22. The highest BCUT2D eigenvalue weighted by Gasteiger charge is 2.24. The summed E-state index contributed by atoms with van der Waals surface area (Å²) in [7, 11) is -4.29. The zero-order chi connectivity index (χ0) is 43.2. The van der Waals surface area contributed by atoms with Crippen LogP contribution in [0.1, 0.15) is 201 Å². The fourth-order valence-corrected chi connectivity index (χ4v) is 7.32. The van der Waals surface area contributed by atoms with Crippen molar-refractivity contribution in [2.45, 2.75) is 207 Å². The molecule has 0 fully saturated rings. The number of carbonyl (C=O) groups is 1. The third-order valence-corrected chi connectivity index (χ3v) is 11.2. The molecule has 0 aliphatic heterocycles. The maximum absolute atomic E-state index is 12.6. The Morgan fingerprint density at radius 1 is 0.458 bits per heavy atom. The predicted molar refractivity (Wildman–Crippen MR) is 241 cm³/mol. The van der Waals surface area contributed by atoms with Crippen molar-refractivity contribution in [3.63, 3.8) is 0 Å². The standard InChI is InChI=1S/C47H93O11P/c1-5-7-9-11-13-15-17-19-21-23-25-27-29-31-33-54-43-46(55-34-32-30-28-26-24-22-20-18-16-14-12-10-8-6-2)44-58-59(49,50)57-42-40-53-38-36-51-35-37-52-39-41-56-47(48)45(3)4/h46H,3,5-44H2,1-2,4H3,(H,49,50). The van der Waals surface area contributed by atoms with E-state index in [2.05, 4.69) is 20.4 Å². The number of rotatable bonds is 50. The lowest BCUT2D eigenvalue weighted by Crippen LogP contribution is -2.26. The summed E-state index contributed by atoms with van der Waals surface area (Å²) in [6, 6.07) is 0. The molecule has 0 spiro atoms. The number of unbranched alkanes of at least 4 members (excludes halogenated alkanes) is 26. The number of esters is 1. The Bertz CT molecular complexity index is 938. The molecule has 0 rings (SSSR count). The van der Waals surface area contributed by atoms with Gasteiger partial charge < -0.3 is 33.3 Å². The van der Waals surface area contributed by atoms with Crippen LogP contribution in [-0.4, -0.2) is 96.2 Å². The van der Waals surface area contributed by atoms with E-state index in [-0.39, 0.29) is 33.0 Å². The van der Waals surface area contributed by atoms with Gasteiger partial charge in [-0.25, -0.2) is 9.36 Å². The monoisotopic (exact) mass is 865 g/mol. The van der Waals surface area contributed by atoms with Gasteiger partial charge in [0.1, 0.15) is 12.7 Å². The predicted octanol–water partition coefficient (Wildman–Crippen LogP) is 12.7. The van der Waals surface area contributed by atoms with E-state index in [4.69, 9.17) is 37.5 Å². The first kappa shape index (κ1) is 58.1. The zero-order valence-corrected chi connectivity index (χ0v) is 39.4. The van der Waals surface area contributed by atoms with Crippen LogP contribution >= 0.6 is 7.82 Å². The molecule has 0 radical (unpaired) electrons. The van der Waals surface area contributed by atoms with Crippen LogP contribution in [0.3, 0.4) is 0 Å². The molecule has 0 aliphatic carbocycles. The second-order valence-corrected chi connectivity index (χ2v) is 17.6. The van der Waals surface area contributed by atoms with Gasteiger partial charge in [-0.3, -0.25) is 9.05 Å². The largest absolute Gasteiger partial charge is 0.472 e.